The van der Waals surface area contributed by atoms with Crippen molar-refractivity contribution in [2.45, 2.75) is 12.5 Å². The van der Waals surface area contributed by atoms with Gasteiger partial charge in [-0.15, -0.1) is 0 Å². The van der Waals surface area contributed by atoms with Crippen LogP contribution in [0.5, 0.6) is 0 Å². The highest BCUT2D eigenvalue weighted by Crippen LogP contribution is 2.28. The summed E-state index contributed by atoms with van der Waals surface area (Å²) >= 11 is 0. The van der Waals surface area contributed by atoms with Crippen LogP contribution in [0.2, 0.25) is 0 Å². The van der Waals surface area contributed by atoms with E-state index < -0.39 is 5.60 Å². The summed E-state index contributed by atoms with van der Waals surface area (Å²) in [5.41, 5.74) is 3.17. The molecule has 1 aromatic carbocycles. The van der Waals surface area contributed by atoms with Crippen LogP contribution in [0.1, 0.15) is 23.7 Å². The van der Waals surface area contributed by atoms with Gasteiger partial charge < -0.3 is 19.9 Å². The van der Waals surface area contributed by atoms with E-state index in [4.69, 9.17) is 5.41 Å². The van der Waals surface area contributed by atoms with Crippen LogP contribution >= 0.6 is 0 Å². The lowest BCUT2D eigenvalue weighted by Gasteiger charge is -2.36. The Labute approximate surface area is 209 Å². The smallest absolute Gasteiger partial charge is 0.225 e. The van der Waals surface area contributed by atoms with Crippen molar-refractivity contribution in [2.75, 3.05) is 31.1 Å². The van der Waals surface area contributed by atoms with Crippen molar-refractivity contribution in [3.05, 3.63) is 84.2 Å². The van der Waals surface area contributed by atoms with Gasteiger partial charge in [0.1, 0.15) is 11.9 Å². The Morgan fingerprint density at radius 3 is 2.42 bits per heavy atom. The molecule has 3 aromatic heterocycles. The molecule has 10 heteroatoms. The van der Waals surface area contributed by atoms with Gasteiger partial charge in [0.25, 0.3) is 0 Å². The van der Waals surface area contributed by atoms with E-state index in [0.29, 0.717) is 37.7 Å². The number of nitrogens with zero attached hydrogens (tertiary/aromatic N) is 7. The van der Waals surface area contributed by atoms with Crippen molar-refractivity contribution in [3.63, 3.8) is 0 Å². The van der Waals surface area contributed by atoms with Gasteiger partial charge in [-0.05, 0) is 18.6 Å². The molecule has 5 rings (SSSR count). The number of aliphatic hydroxyl groups is 1. The van der Waals surface area contributed by atoms with Gasteiger partial charge in [-0.3, -0.25) is 10.1 Å². The first-order valence-corrected chi connectivity index (χ1v) is 11.8. The third-order valence-electron chi connectivity index (χ3n) is 6.55. The molecule has 0 unspecified atom stereocenters. The largest absolute Gasteiger partial charge is 0.381 e. The first-order chi connectivity index (χ1) is 17.5. The zero-order valence-corrected chi connectivity index (χ0v) is 20.3. The fraction of sp³-hybridized carbons (Fsp3) is 0.269. The topological polar surface area (TPSA) is 122 Å². The van der Waals surface area contributed by atoms with Crippen LogP contribution in [0, 0.1) is 5.41 Å². The van der Waals surface area contributed by atoms with Crippen LogP contribution in [0.3, 0.4) is 0 Å². The lowest BCUT2D eigenvalue weighted by Crippen LogP contribution is -2.49. The zero-order chi connectivity index (χ0) is 25.1. The third-order valence-corrected chi connectivity index (χ3v) is 6.55. The van der Waals surface area contributed by atoms with Gasteiger partial charge in [0, 0.05) is 74.7 Å². The molecule has 1 aliphatic heterocycles. The maximum atomic E-state index is 11.0. The number of H-pyrrole nitrogens is 1. The van der Waals surface area contributed by atoms with Gasteiger partial charge in [0.05, 0.1) is 11.9 Å². The number of benzene rings is 1. The van der Waals surface area contributed by atoms with Crippen molar-refractivity contribution < 1.29 is 5.11 Å². The van der Waals surface area contributed by atoms with Crippen LogP contribution in [-0.2, 0) is 12.6 Å². The van der Waals surface area contributed by atoms with E-state index in [1.165, 1.54) is 0 Å². The van der Waals surface area contributed by atoms with Gasteiger partial charge in [-0.1, -0.05) is 30.3 Å². The number of aliphatic imine (C=N–C) groups is 1. The van der Waals surface area contributed by atoms with Crippen molar-refractivity contribution in [1.29, 1.82) is 5.41 Å². The molecular formula is C26H29N9O. The highest BCUT2D eigenvalue weighted by atomic mass is 16.3. The van der Waals surface area contributed by atoms with E-state index in [-0.39, 0.29) is 0 Å². The van der Waals surface area contributed by atoms with Crippen molar-refractivity contribution in [3.8, 4) is 11.1 Å². The number of hydrogen-bond acceptors (Lipinski definition) is 6. The Balaban J connectivity index is 1.26. The normalized spacial score (nSPS) is 16.1. The maximum Gasteiger partial charge on any atom is 0.225 e. The Morgan fingerprint density at radius 2 is 1.78 bits per heavy atom. The quantitative estimate of drug-likeness (QED) is 0.286. The SMILES string of the molecule is Cn1cc(-c2c[nH]c(C(=NC=N)N3CCN(c4ncc([C@@](C)(O)c5ccccc5)cn4)CC3)c2)cn1. The van der Waals surface area contributed by atoms with E-state index in [9.17, 15) is 5.11 Å². The Bertz CT molecular complexity index is 1350. The Morgan fingerprint density at radius 1 is 1.06 bits per heavy atom. The second-order valence-corrected chi connectivity index (χ2v) is 8.97. The summed E-state index contributed by atoms with van der Waals surface area (Å²) in [5, 5.41) is 22.9. The predicted molar refractivity (Wildman–Crippen MR) is 139 cm³/mol. The van der Waals surface area contributed by atoms with E-state index >= 15 is 0 Å². The third kappa shape index (κ3) is 4.63. The Kier molecular flexibility index (Phi) is 6.34. The number of aromatic nitrogens is 5. The van der Waals surface area contributed by atoms with E-state index in [2.05, 4.69) is 34.8 Å². The molecule has 1 atom stereocenters. The van der Waals surface area contributed by atoms with Gasteiger partial charge in [-0.2, -0.15) is 5.10 Å². The number of aryl methyl sites for hydroxylation is 1. The molecule has 0 bridgehead atoms. The van der Waals surface area contributed by atoms with Crippen molar-refractivity contribution in [1.82, 2.24) is 29.6 Å². The van der Waals surface area contributed by atoms with Crippen LogP contribution in [0.4, 0.5) is 5.95 Å². The number of piperazine rings is 1. The monoisotopic (exact) mass is 483 g/mol. The average Bonchev–Trinajstić information content (AvgIpc) is 3.57. The summed E-state index contributed by atoms with van der Waals surface area (Å²) in [6.07, 6.45) is 10.2. The number of nitrogens with one attached hydrogen (secondary N) is 2. The first kappa shape index (κ1) is 23.4. The minimum absolute atomic E-state index is 0.631. The molecule has 36 heavy (non-hydrogen) atoms. The first-order valence-electron chi connectivity index (χ1n) is 11.8. The second kappa shape index (κ2) is 9.74. The highest BCUT2D eigenvalue weighted by molar-refractivity contribution is 6.01. The van der Waals surface area contributed by atoms with Crippen molar-refractivity contribution >= 4 is 18.1 Å². The van der Waals surface area contributed by atoms with Crippen LogP contribution < -0.4 is 4.90 Å². The van der Waals surface area contributed by atoms with Gasteiger partial charge in [0.2, 0.25) is 5.95 Å². The summed E-state index contributed by atoms with van der Waals surface area (Å²) in [6, 6.07) is 11.6. The fourth-order valence-corrected chi connectivity index (χ4v) is 4.43. The molecule has 4 aromatic rings. The van der Waals surface area contributed by atoms with Crippen LogP contribution in [0.15, 0.2) is 72.4 Å². The minimum Gasteiger partial charge on any atom is -0.381 e. The van der Waals surface area contributed by atoms with Gasteiger partial charge >= 0.3 is 0 Å². The lowest BCUT2D eigenvalue weighted by molar-refractivity contribution is 0.101. The average molecular weight is 484 g/mol. The summed E-state index contributed by atoms with van der Waals surface area (Å²) in [6.45, 7) is 4.59. The number of aromatic amines is 1. The summed E-state index contributed by atoms with van der Waals surface area (Å²) in [5.74, 6) is 1.36. The fourth-order valence-electron chi connectivity index (χ4n) is 4.43. The molecule has 4 heterocycles. The number of rotatable bonds is 6. The molecular weight excluding hydrogens is 454 g/mol. The lowest BCUT2D eigenvalue weighted by atomic mass is 9.90. The van der Waals surface area contributed by atoms with Crippen molar-refractivity contribution in [2.24, 2.45) is 12.0 Å². The van der Waals surface area contributed by atoms with Gasteiger partial charge in [0.15, 0.2) is 5.84 Å². The summed E-state index contributed by atoms with van der Waals surface area (Å²) in [4.78, 5) is 21.0. The number of anilines is 1. The van der Waals surface area contributed by atoms with Crippen LogP contribution in [0.25, 0.3) is 11.1 Å². The number of amidine groups is 1. The molecule has 3 N–H and O–H groups in total. The molecule has 0 amide bonds. The molecule has 0 radical (unpaired) electrons. The molecule has 184 valence electrons. The highest BCUT2D eigenvalue weighted by Gasteiger charge is 2.28. The minimum atomic E-state index is -1.17. The molecule has 0 aliphatic carbocycles. The van der Waals surface area contributed by atoms with Crippen LogP contribution in [-0.4, -0.2) is 73.1 Å². The standard InChI is InChI=1S/C26H29N9O/c1-26(36,21-6-4-3-5-7-21)22-15-29-25(30-16-22)35-10-8-34(9-11-35)24(31-18-27)23-12-19(13-28-23)20-14-32-33(2)17-20/h3-7,12-18,27-28,36H,8-11H2,1-2H3/t26-/m0/s1. The number of hydrogen-bond donors (Lipinski definition) is 3. The van der Waals surface area contributed by atoms with E-state index in [0.717, 1.165) is 34.6 Å². The molecule has 1 aliphatic rings. The molecule has 10 nitrogen and oxygen atoms in total. The summed E-state index contributed by atoms with van der Waals surface area (Å²) < 4.78 is 1.77. The Hall–Kier alpha value is -4.31. The zero-order valence-electron chi connectivity index (χ0n) is 20.3. The molecule has 0 spiro atoms. The maximum absolute atomic E-state index is 11.0. The second-order valence-electron chi connectivity index (χ2n) is 8.97. The molecule has 0 saturated carbocycles. The van der Waals surface area contributed by atoms with Gasteiger partial charge in [-0.25, -0.2) is 15.0 Å². The molecule has 1 saturated heterocycles. The van der Waals surface area contributed by atoms with E-state index in [1.807, 2.05) is 62.0 Å². The predicted octanol–water partition coefficient (Wildman–Crippen LogP) is 2.64. The molecule has 1 fully saturated rings. The summed E-state index contributed by atoms with van der Waals surface area (Å²) in [7, 11) is 1.89. The van der Waals surface area contributed by atoms with E-state index in [1.54, 1.807) is 24.0 Å².